The van der Waals surface area contributed by atoms with Gasteiger partial charge in [-0.15, -0.1) is 21.5 Å². The van der Waals surface area contributed by atoms with Crippen LogP contribution in [0.2, 0.25) is 0 Å². The van der Waals surface area contributed by atoms with Crippen molar-refractivity contribution >= 4 is 29.0 Å². The van der Waals surface area contributed by atoms with E-state index in [-0.39, 0.29) is 11.7 Å². The number of thiophene rings is 1. The quantitative estimate of drug-likeness (QED) is 0.478. The number of carbonyl (C=O) groups excluding carboxylic acids is 1. The molecule has 0 aliphatic carbocycles. The van der Waals surface area contributed by atoms with Gasteiger partial charge < -0.3 is 9.73 Å². The number of rotatable bonds is 7. The molecule has 6 nitrogen and oxygen atoms in total. The zero-order chi connectivity index (χ0) is 18.5. The van der Waals surface area contributed by atoms with Gasteiger partial charge in [0.05, 0.1) is 18.6 Å². The molecule has 0 bridgehead atoms. The summed E-state index contributed by atoms with van der Waals surface area (Å²) in [7, 11) is 0. The number of benzene rings is 1. The number of thioether (sulfide) groups is 1. The monoisotopic (exact) mass is 396 g/mol. The van der Waals surface area contributed by atoms with Gasteiger partial charge in [-0.1, -0.05) is 36.0 Å². The van der Waals surface area contributed by atoms with E-state index in [2.05, 4.69) is 15.5 Å². The Bertz CT molecular complexity index is 996. The predicted molar refractivity (Wildman–Crippen MR) is 106 cm³/mol. The molecule has 136 valence electrons. The average molecular weight is 396 g/mol. The highest BCUT2D eigenvalue weighted by molar-refractivity contribution is 7.99. The number of furan rings is 1. The number of hydrogen-bond donors (Lipinski definition) is 1. The van der Waals surface area contributed by atoms with Gasteiger partial charge in [0.1, 0.15) is 0 Å². The first kappa shape index (κ1) is 17.6. The Morgan fingerprint density at radius 2 is 2.00 bits per heavy atom. The number of aromatic nitrogens is 3. The third kappa shape index (κ3) is 4.12. The lowest BCUT2D eigenvalue weighted by Crippen LogP contribution is -2.24. The van der Waals surface area contributed by atoms with Crippen molar-refractivity contribution in [2.45, 2.75) is 11.7 Å². The van der Waals surface area contributed by atoms with Gasteiger partial charge in [0.25, 0.3) is 0 Å². The van der Waals surface area contributed by atoms with Crippen molar-refractivity contribution < 1.29 is 9.21 Å². The average Bonchev–Trinajstić information content (AvgIpc) is 3.46. The van der Waals surface area contributed by atoms with Crippen LogP contribution in [-0.4, -0.2) is 26.4 Å². The zero-order valence-corrected chi connectivity index (χ0v) is 15.9. The minimum atomic E-state index is -0.0458. The van der Waals surface area contributed by atoms with Crippen LogP contribution in [0, 0.1) is 0 Å². The van der Waals surface area contributed by atoms with Crippen molar-refractivity contribution in [3.8, 4) is 17.3 Å². The Morgan fingerprint density at radius 3 is 2.74 bits per heavy atom. The van der Waals surface area contributed by atoms with Crippen LogP contribution in [0.3, 0.4) is 0 Å². The van der Waals surface area contributed by atoms with Gasteiger partial charge in [-0.05, 0) is 35.7 Å². The Kier molecular flexibility index (Phi) is 5.36. The van der Waals surface area contributed by atoms with E-state index in [4.69, 9.17) is 4.42 Å². The summed E-state index contributed by atoms with van der Waals surface area (Å²) in [5.41, 5.74) is 0.912. The van der Waals surface area contributed by atoms with Crippen LogP contribution >= 0.6 is 23.1 Å². The maximum absolute atomic E-state index is 12.2. The normalized spacial score (nSPS) is 10.8. The summed E-state index contributed by atoms with van der Waals surface area (Å²) < 4.78 is 7.39. The van der Waals surface area contributed by atoms with Crippen molar-refractivity contribution in [3.05, 3.63) is 71.1 Å². The molecule has 4 rings (SSSR count). The van der Waals surface area contributed by atoms with Crippen LogP contribution in [-0.2, 0) is 11.3 Å². The van der Waals surface area contributed by atoms with Crippen LogP contribution in [0.4, 0.5) is 0 Å². The maximum atomic E-state index is 12.2. The van der Waals surface area contributed by atoms with Gasteiger partial charge >= 0.3 is 0 Å². The second-order valence-corrected chi connectivity index (χ2v) is 7.57. The van der Waals surface area contributed by atoms with Gasteiger partial charge in [-0.3, -0.25) is 9.36 Å². The molecule has 1 aromatic carbocycles. The van der Waals surface area contributed by atoms with Crippen molar-refractivity contribution in [1.29, 1.82) is 0 Å². The van der Waals surface area contributed by atoms with Gasteiger partial charge in [0.2, 0.25) is 11.7 Å². The van der Waals surface area contributed by atoms with E-state index in [1.54, 1.807) is 17.6 Å². The summed E-state index contributed by atoms with van der Waals surface area (Å²) in [5.74, 6) is 1.44. The lowest BCUT2D eigenvalue weighted by atomic mass is 10.3. The topological polar surface area (TPSA) is 73.0 Å². The number of nitrogens with one attached hydrogen (secondary N) is 1. The number of para-hydroxylation sites is 1. The van der Waals surface area contributed by atoms with E-state index >= 15 is 0 Å². The highest BCUT2D eigenvalue weighted by atomic mass is 32.2. The minimum Gasteiger partial charge on any atom is -0.461 e. The Hall–Kier alpha value is -2.84. The molecule has 4 aromatic rings. The van der Waals surface area contributed by atoms with E-state index in [0.717, 1.165) is 10.6 Å². The first-order valence-electron chi connectivity index (χ1n) is 8.28. The smallest absolute Gasteiger partial charge is 0.230 e. The fourth-order valence-corrected chi connectivity index (χ4v) is 3.94. The Morgan fingerprint density at radius 1 is 1.11 bits per heavy atom. The van der Waals surface area contributed by atoms with Crippen LogP contribution in [0.15, 0.2) is 75.8 Å². The van der Waals surface area contributed by atoms with E-state index < -0.39 is 0 Å². The molecule has 3 aromatic heterocycles. The van der Waals surface area contributed by atoms with Crippen LogP contribution in [0.1, 0.15) is 4.88 Å². The molecule has 0 aliphatic rings. The fraction of sp³-hybridized carbons (Fsp3) is 0.105. The van der Waals surface area contributed by atoms with Crippen molar-refractivity contribution in [2.75, 3.05) is 5.75 Å². The molecule has 0 saturated heterocycles. The molecule has 1 amide bonds. The summed E-state index contributed by atoms with van der Waals surface area (Å²) in [6.07, 6.45) is 1.60. The maximum Gasteiger partial charge on any atom is 0.230 e. The van der Waals surface area contributed by atoms with E-state index in [1.165, 1.54) is 11.8 Å². The Balaban J connectivity index is 1.51. The molecule has 0 aliphatic heterocycles. The van der Waals surface area contributed by atoms with Crippen molar-refractivity contribution in [2.24, 2.45) is 0 Å². The van der Waals surface area contributed by atoms with E-state index in [1.807, 2.05) is 64.5 Å². The molecule has 0 saturated carbocycles. The van der Waals surface area contributed by atoms with Gasteiger partial charge in [0.15, 0.2) is 10.9 Å². The molecule has 1 N–H and O–H groups in total. The third-order valence-electron chi connectivity index (χ3n) is 3.76. The molecule has 0 unspecified atom stereocenters. The van der Waals surface area contributed by atoms with E-state index in [9.17, 15) is 4.79 Å². The van der Waals surface area contributed by atoms with Gasteiger partial charge in [-0.25, -0.2) is 0 Å². The van der Waals surface area contributed by atoms with Crippen LogP contribution in [0.25, 0.3) is 17.3 Å². The largest absolute Gasteiger partial charge is 0.461 e. The molecule has 3 heterocycles. The summed E-state index contributed by atoms with van der Waals surface area (Å²) >= 11 is 2.97. The molecule has 27 heavy (non-hydrogen) atoms. The van der Waals surface area contributed by atoms with Crippen LogP contribution < -0.4 is 5.32 Å². The highest BCUT2D eigenvalue weighted by Crippen LogP contribution is 2.28. The van der Waals surface area contributed by atoms with Crippen molar-refractivity contribution in [3.63, 3.8) is 0 Å². The fourth-order valence-electron chi connectivity index (χ4n) is 2.52. The van der Waals surface area contributed by atoms with Gasteiger partial charge in [0, 0.05) is 10.6 Å². The molecule has 8 heteroatoms. The zero-order valence-electron chi connectivity index (χ0n) is 14.2. The lowest BCUT2D eigenvalue weighted by molar-refractivity contribution is -0.118. The number of hydrogen-bond acceptors (Lipinski definition) is 6. The van der Waals surface area contributed by atoms with Crippen molar-refractivity contribution in [1.82, 2.24) is 20.1 Å². The molecule has 0 atom stereocenters. The second kappa shape index (κ2) is 8.24. The lowest BCUT2D eigenvalue weighted by Gasteiger charge is -2.09. The van der Waals surface area contributed by atoms with Crippen LogP contribution in [0.5, 0.6) is 0 Å². The van der Waals surface area contributed by atoms with E-state index in [0.29, 0.717) is 23.3 Å². The predicted octanol–water partition coefficient (Wildman–Crippen LogP) is 4.00. The SMILES string of the molecule is O=C(CSc1nnc(-c2ccco2)n1-c1ccccc1)NCc1cccs1. The Labute approximate surface area is 164 Å². The molecule has 0 fully saturated rings. The molecule has 0 radical (unpaired) electrons. The summed E-state index contributed by atoms with van der Waals surface area (Å²) in [5, 5.41) is 14.1. The summed E-state index contributed by atoms with van der Waals surface area (Å²) in [6.45, 7) is 0.542. The summed E-state index contributed by atoms with van der Waals surface area (Å²) in [6, 6.07) is 17.4. The standard InChI is InChI=1S/C19H16N4O2S2/c24-17(20-12-15-8-5-11-26-15)13-27-19-22-21-18(16-9-4-10-25-16)23(19)14-6-2-1-3-7-14/h1-11H,12-13H2,(H,20,24). The molecule has 0 spiro atoms. The minimum absolute atomic E-state index is 0.0458. The number of amides is 1. The highest BCUT2D eigenvalue weighted by Gasteiger charge is 2.18. The molecular formula is C19H16N4O2S2. The second-order valence-electron chi connectivity index (χ2n) is 5.60. The number of nitrogens with zero attached hydrogens (tertiary/aromatic N) is 3. The molecular weight excluding hydrogens is 380 g/mol. The number of carbonyl (C=O) groups is 1. The van der Waals surface area contributed by atoms with Gasteiger partial charge in [-0.2, -0.15) is 0 Å². The third-order valence-corrected chi connectivity index (χ3v) is 5.57. The first-order valence-corrected chi connectivity index (χ1v) is 10.1. The first-order chi connectivity index (χ1) is 13.3. The summed E-state index contributed by atoms with van der Waals surface area (Å²) in [4.78, 5) is 13.3.